The van der Waals surface area contributed by atoms with Crippen LogP contribution in [0.25, 0.3) is 11.0 Å². The number of amides is 1. The molecule has 0 aliphatic carbocycles. The smallest absolute Gasteiger partial charge is 0.372 e. The molecule has 1 amide bonds. The Morgan fingerprint density at radius 1 is 1.42 bits per heavy atom. The summed E-state index contributed by atoms with van der Waals surface area (Å²) in [6, 6.07) is 6.49. The van der Waals surface area contributed by atoms with E-state index in [0.29, 0.717) is 16.5 Å². The van der Waals surface area contributed by atoms with Crippen LogP contribution in [0.5, 0.6) is 0 Å². The molecule has 0 aliphatic rings. The number of aromatic carboxylic acids is 1. The minimum absolute atomic E-state index is 0.120. The van der Waals surface area contributed by atoms with Crippen molar-refractivity contribution in [2.24, 2.45) is 5.73 Å². The molecule has 100 valence electrons. The molecule has 19 heavy (non-hydrogen) atoms. The van der Waals surface area contributed by atoms with Gasteiger partial charge in [0.1, 0.15) is 5.58 Å². The lowest BCUT2D eigenvalue weighted by Crippen LogP contribution is -2.38. The molecule has 2 aromatic rings. The van der Waals surface area contributed by atoms with Crippen molar-refractivity contribution in [1.82, 2.24) is 5.32 Å². The lowest BCUT2D eigenvalue weighted by atomic mass is 10.1. The van der Waals surface area contributed by atoms with E-state index < -0.39 is 17.9 Å². The first-order chi connectivity index (χ1) is 9.00. The van der Waals surface area contributed by atoms with E-state index in [0.717, 1.165) is 0 Å². The van der Waals surface area contributed by atoms with E-state index in [-0.39, 0.29) is 12.3 Å². The number of benzene rings is 1. The molecule has 1 unspecified atom stereocenters. The van der Waals surface area contributed by atoms with Gasteiger partial charge in [-0.25, -0.2) is 4.79 Å². The third-order valence-corrected chi connectivity index (χ3v) is 2.90. The average Bonchev–Trinajstić information content (AvgIpc) is 2.74. The first kappa shape index (κ1) is 13.1. The monoisotopic (exact) mass is 262 g/mol. The van der Waals surface area contributed by atoms with Crippen molar-refractivity contribution < 1.29 is 19.1 Å². The summed E-state index contributed by atoms with van der Waals surface area (Å²) >= 11 is 0. The second-order valence-electron chi connectivity index (χ2n) is 4.22. The molecule has 0 aliphatic heterocycles. The molecule has 0 saturated carbocycles. The van der Waals surface area contributed by atoms with Crippen LogP contribution in [0.2, 0.25) is 0 Å². The average molecular weight is 262 g/mol. The molecule has 6 nitrogen and oxygen atoms in total. The Morgan fingerprint density at radius 3 is 2.74 bits per heavy atom. The number of fused-ring (bicyclic) bond motifs is 1. The molecule has 0 saturated heterocycles. The number of hydrogen-bond donors (Lipinski definition) is 3. The van der Waals surface area contributed by atoms with Gasteiger partial charge in [-0.15, -0.1) is 0 Å². The Labute approximate surface area is 109 Å². The normalized spacial score (nSPS) is 12.5. The Balaban J connectivity index is 2.37. The lowest BCUT2D eigenvalue weighted by molar-refractivity contribution is -0.119. The molecule has 2 rings (SSSR count). The van der Waals surface area contributed by atoms with Crippen molar-refractivity contribution in [3.8, 4) is 0 Å². The molecule has 0 spiro atoms. The lowest BCUT2D eigenvalue weighted by Gasteiger charge is -2.09. The van der Waals surface area contributed by atoms with Crippen LogP contribution >= 0.6 is 0 Å². The first-order valence-electron chi connectivity index (χ1n) is 5.77. The van der Waals surface area contributed by atoms with E-state index in [4.69, 9.17) is 15.3 Å². The van der Waals surface area contributed by atoms with Gasteiger partial charge in [0.05, 0.1) is 6.04 Å². The number of primary amides is 1. The topological polar surface area (TPSA) is 106 Å². The van der Waals surface area contributed by atoms with Gasteiger partial charge in [0.15, 0.2) is 0 Å². The zero-order valence-corrected chi connectivity index (χ0v) is 10.3. The molecular formula is C13H14N2O4. The summed E-state index contributed by atoms with van der Waals surface area (Å²) in [5.41, 5.74) is 6.16. The van der Waals surface area contributed by atoms with Crippen LogP contribution in [-0.4, -0.2) is 23.0 Å². The number of nitrogens with one attached hydrogen (secondary N) is 1. The van der Waals surface area contributed by atoms with Crippen LogP contribution in [0, 0.1) is 0 Å². The Hall–Kier alpha value is -2.34. The number of rotatable bonds is 5. The largest absolute Gasteiger partial charge is 0.475 e. The fourth-order valence-electron chi connectivity index (χ4n) is 1.80. The fraction of sp³-hybridized carbons (Fsp3) is 0.231. The van der Waals surface area contributed by atoms with Crippen LogP contribution in [-0.2, 0) is 11.3 Å². The molecule has 1 aromatic carbocycles. The van der Waals surface area contributed by atoms with Crippen LogP contribution in [0.1, 0.15) is 23.0 Å². The summed E-state index contributed by atoms with van der Waals surface area (Å²) in [4.78, 5) is 22.1. The number of nitrogens with two attached hydrogens (primary N) is 1. The Kier molecular flexibility index (Phi) is 3.52. The second kappa shape index (κ2) is 5.11. The SMILES string of the molecule is CC(NCc1c(C(=O)O)oc2ccccc12)C(N)=O. The fourth-order valence-corrected chi connectivity index (χ4v) is 1.80. The summed E-state index contributed by atoms with van der Waals surface area (Å²) in [5, 5.41) is 12.7. The van der Waals surface area contributed by atoms with Gasteiger partial charge in [0, 0.05) is 17.5 Å². The van der Waals surface area contributed by atoms with Crippen molar-refractivity contribution in [3.05, 3.63) is 35.6 Å². The van der Waals surface area contributed by atoms with Gasteiger partial charge < -0.3 is 20.6 Å². The van der Waals surface area contributed by atoms with Crippen molar-refractivity contribution in [3.63, 3.8) is 0 Å². The predicted molar refractivity (Wildman–Crippen MR) is 68.7 cm³/mol. The molecule has 6 heteroatoms. The Bertz CT molecular complexity index is 633. The molecule has 0 fully saturated rings. The van der Waals surface area contributed by atoms with E-state index >= 15 is 0 Å². The van der Waals surface area contributed by atoms with Crippen LogP contribution < -0.4 is 11.1 Å². The van der Waals surface area contributed by atoms with E-state index in [1.54, 1.807) is 31.2 Å². The number of carbonyl (C=O) groups is 2. The number of para-hydroxylation sites is 1. The minimum Gasteiger partial charge on any atom is -0.475 e. The van der Waals surface area contributed by atoms with Crippen molar-refractivity contribution >= 4 is 22.8 Å². The standard InChI is InChI=1S/C13H14N2O4/c1-7(12(14)16)15-6-9-8-4-2-3-5-10(8)19-11(9)13(17)18/h2-5,7,15H,6H2,1H3,(H2,14,16)(H,17,18). The minimum atomic E-state index is -1.14. The van der Waals surface area contributed by atoms with Crippen molar-refractivity contribution in [1.29, 1.82) is 0 Å². The Morgan fingerprint density at radius 2 is 2.11 bits per heavy atom. The second-order valence-corrected chi connectivity index (χ2v) is 4.22. The third kappa shape index (κ3) is 2.58. The van der Waals surface area contributed by atoms with Gasteiger partial charge in [-0.2, -0.15) is 0 Å². The summed E-state index contributed by atoms with van der Waals surface area (Å²) in [7, 11) is 0. The summed E-state index contributed by atoms with van der Waals surface area (Å²) in [6.45, 7) is 1.81. The van der Waals surface area contributed by atoms with Gasteiger partial charge in [0.25, 0.3) is 0 Å². The molecule has 1 heterocycles. The quantitative estimate of drug-likeness (QED) is 0.748. The number of carbonyl (C=O) groups excluding carboxylic acids is 1. The maximum Gasteiger partial charge on any atom is 0.372 e. The highest BCUT2D eigenvalue weighted by atomic mass is 16.4. The summed E-state index contributed by atoms with van der Waals surface area (Å²) in [5.74, 6) is -1.75. The van der Waals surface area contributed by atoms with Gasteiger partial charge in [-0.1, -0.05) is 18.2 Å². The van der Waals surface area contributed by atoms with Gasteiger partial charge in [-0.05, 0) is 13.0 Å². The predicted octanol–water partition coefficient (Wildman–Crippen LogP) is 1.09. The number of hydrogen-bond acceptors (Lipinski definition) is 4. The summed E-state index contributed by atoms with van der Waals surface area (Å²) < 4.78 is 5.30. The molecule has 1 aromatic heterocycles. The molecular weight excluding hydrogens is 248 g/mol. The highest BCUT2D eigenvalue weighted by molar-refractivity contribution is 5.95. The van der Waals surface area contributed by atoms with Crippen LogP contribution in [0.3, 0.4) is 0 Å². The molecule has 0 bridgehead atoms. The zero-order valence-electron chi connectivity index (χ0n) is 10.3. The highest BCUT2D eigenvalue weighted by Gasteiger charge is 2.20. The highest BCUT2D eigenvalue weighted by Crippen LogP contribution is 2.25. The summed E-state index contributed by atoms with van der Waals surface area (Å²) in [6.07, 6.45) is 0. The maximum absolute atomic E-state index is 11.2. The molecule has 1 atom stereocenters. The molecule has 0 radical (unpaired) electrons. The number of carboxylic acid groups (broad SMARTS) is 1. The van der Waals surface area contributed by atoms with Gasteiger partial charge in [0.2, 0.25) is 11.7 Å². The van der Waals surface area contributed by atoms with Crippen LogP contribution in [0.15, 0.2) is 28.7 Å². The zero-order chi connectivity index (χ0) is 14.0. The maximum atomic E-state index is 11.2. The molecule has 4 N–H and O–H groups in total. The first-order valence-corrected chi connectivity index (χ1v) is 5.77. The third-order valence-electron chi connectivity index (χ3n) is 2.90. The van der Waals surface area contributed by atoms with E-state index in [2.05, 4.69) is 5.32 Å². The number of carboxylic acids is 1. The van der Waals surface area contributed by atoms with Gasteiger partial charge >= 0.3 is 5.97 Å². The number of furan rings is 1. The van der Waals surface area contributed by atoms with E-state index in [9.17, 15) is 9.59 Å². The van der Waals surface area contributed by atoms with Crippen molar-refractivity contribution in [2.75, 3.05) is 0 Å². The van der Waals surface area contributed by atoms with Gasteiger partial charge in [-0.3, -0.25) is 4.79 Å². The van der Waals surface area contributed by atoms with Crippen molar-refractivity contribution in [2.45, 2.75) is 19.5 Å². The van der Waals surface area contributed by atoms with Crippen LogP contribution in [0.4, 0.5) is 0 Å². The van der Waals surface area contributed by atoms with E-state index in [1.165, 1.54) is 0 Å². The van der Waals surface area contributed by atoms with E-state index in [1.807, 2.05) is 0 Å².